The van der Waals surface area contributed by atoms with Crippen molar-refractivity contribution in [1.29, 1.82) is 0 Å². The summed E-state index contributed by atoms with van der Waals surface area (Å²) in [6, 6.07) is 12.5. The van der Waals surface area contributed by atoms with Gasteiger partial charge in [0.2, 0.25) is 5.75 Å². The molecule has 2 fully saturated rings. The van der Waals surface area contributed by atoms with Crippen LogP contribution in [0.5, 0.6) is 17.2 Å². The van der Waals surface area contributed by atoms with Crippen LogP contribution >= 0.6 is 0 Å². The molecule has 4 rings (SSSR count). The van der Waals surface area contributed by atoms with Crippen molar-refractivity contribution in [2.45, 2.75) is 25.5 Å². The van der Waals surface area contributed by atoms with Gasteiger partial charge in [0.1, 0.15) is 18.3 Å². The van der Waals surface area contributed by atoms with Crippen LogP contribution in [0.25, 0.3) is 6.08 Å². The minimum atomic E-state index is -0.490. The number of benzene rings is 2. The average Bonchev–Trinajstić information content (AvgIpc) is 3.32. The van der Waals surface area contributed by atoms with E-state index < -0.39 is 6.04 Å². The number of ether oxygens (including phenoxy) is 3. The van der Waals surface area contributed by atoms with E-state index >= 15 is 0 Å². The highest BCUT2D eigenvalue weighted by Gasteiger charge is 2.46. The van der Waals surface area contributed by atoms with E-state index in [0.29, 0.717) is 35.8 Å². The van der Waals surface area contributed by atoms with Crippen LogP contribution in [0.2, 0.25) is 0 Å². The molecule has 2 amide bonds. The van der Waals surface area contributed by atoms with Gasteiger partial charge in [-0.3, -0.25) is 14.4 Å². The van der Waals surface area contributed by atoms with E-state index in [-0.39, 0.29) is 24.1 Å². The van der Waals surface area contributed by atoms with Crippen LogP contribution in [-0.4, -0.2) is 55.7 Å². The van der Waals surface area contributed by atoms with Crippen LogP contribution in [-0.2, 0) is 21.0 Å². The van der Waals surface area contributed by atoms with Gasteiger partial charge in [-0.15, -0.1) is 0 Å². The molecule has 2 heterocycles. The molecule has 0 bridgehead atoms. The molecule has 8 heteroatoms. The summed E-state index contributed by atoms with van der Waals surface area (Å²) in [5.41, 5.74) is 1.66. The van der Waals surface area contributed by atoms with Crippen LogP contribution in [0.1, 0.15) is 24.0 Å². The maximum absolute atomic E-state index is 13.3. The number of carbonyl (C=O) groups excluding carboxylic acids is 2. The fourth-order valence-corrected chi connectivity index (χ4v) is 4.06. The Morgan fingerprint density at radius 3 is 2.31 bits per heavy atom. The Morgan fingerprint density at radius 1 is 1.00 bits per heavy atom. The van der Waals surface area contributed by atoms with Gasteiger partial charge in [-0.25, -0.2) is 0 Å². The molecule has 2 saturated heterocycles. The predicted octanol–water partition coefficient (Wildman–Crippen LogP) is 3.02. The van der Waals surface area contributed by atoms with Gasteiger partial charge in [0, 0.05) is 6.54 Å². The molecule has 0 saturated carbocycles. The van der Waals surface area contributed by atoms with Gasteiger partial charge in [-0.1, -0.05) is 30.3 Å². The normalized spacial score (nSPS) is 19.3. The molecule has 0 spiro atoms. The lowest BCUT2D eigenvalue weighted by Gasteiger charge is -2.37. The number of nitrogens with zero attached hydrogens (tertiary/aromatic N) is 2. The molecular weight excluding hydrogens is 412 g/mol. The lowest BCUT2D eigenvalue weighted by molar-refractivity contribution is -0.194. The molecule has 1 atom stereocenters. The standard InChI is InChI=1S/C24H26N2O6/c1-29-20-13-17(14-21(30-2)22(20)31-3)12-19-23(27)25-11-7-10-18(25)24(28)26(19)32-15-16-8-5-4-6-9-16/h4-6,8-9,12-14,18H,7,10-11,15H2,1-3H3/b19-12+/t18-/m0/s1. The first-order valence-electron chi connectivity index (χ1n) is 10.4. The maximum atomic E-state index is 13.3. The molecule has 2 aliphatic heterocycles. The Hall–Kier alpha value is -3.52. The monoisotopic (exact) mass is 438 g/mol. The van der Waals surface area contributed by atoms with E-state index in [4.69, 9.17) is 19.0 Å². The van der Waals surface area contributed by atoms with Crippen molar-refractivity contribution in [2.75, 3.05) is 27.9 Å². The third kappa shape index (κ3) is 4.01. The van der Waals surface area contributed by atoms with E-state index in [0.717, 1.165) is 17.0 Å². The van der Waals surface area contributed by atoms with Crippen LogP contribution in [0.4, 0.5) is 0 Å². The molecule has 0 aliphatic carbocycles. The molecule has 0 N–H and O–H groups in total. The number of rotatable bonds is 7. The highest BCUT2D eigenvalue weighted by atomic mass is 16.7. The van der Waals surface area contributed by atoms with Gasteiger partial charge >= 0.3 is 0 Å². The smallest absolute Gasteiger partial charge is 0.273 e. The van der Waals surface area contributed by atoms with Gasteiger partial charge in [0.05, 0.1) is 21.3 Å². The molecule has 0 unspecified atom stereocenters. The van der Waals surface area contributed by atoms with E-state index in [1.165, 1.54) is 21.3 Å². The summed E-state index contributed by atoms with van der Waals surface area (Å²) < 4.78 is 16.2. The zero-order chi connectivity index (χ0) is 22.7. The van der Waals surface area contributed by atoms with Crippen molar-refractivity contribution in [1.82, 2.24) is 9.96 Å². The van der Waals surface area contributed by atoms with Gasteiger partial charge in [0.15, 0.2) is 11.5 Å². The van der Waals surface area contributed by atoms with Crippen LogP contribution < -0.4 is 14.2 Å². The summed E-state index contributed by atoms with van der Waals surface area (Å²) in [6.45, 7) is 0.716. The molecule has 168 valence electrons. The second-order valence-corrected chi connectivity index (χ2v) is 7.54. The lowest BCUT2D eigenvalue weighted by Crippen LogP contribution is -2.55. The van der Waals surface area contributed by atoms with Crippen molar-refractivity contribution < 1.29 is 28.6 Å². The first kappa shape index (κ1) is 21.7. The Balaban J connectivity index is 1.73. The van der Waals surface area contributed by atoms with Gasteiger partial charge in [-0.2, -0.15) is 5.06 Å². The Labute approximate surface area is 186 Å². The summed E-state index contributed by atoms with van der Waals surface area (Å²) in [6.07, 6.45) is 3.03. The molecule has 2 aromatic rings. The fourth-order valence-electron chi connectivity index (χ4n) is 4.06. The van der Waals surface area contributed by atoms with Crippen molar-refractivity contribution >= 4 is 17.9 Å². The quantitative estimate of drug-likeness (QED) is 0.619. The van der Waals surface area contributed by atoms with Crippen molar-refractivity contribution in [3.05, 3.63) is 59.3 Å². The molecule has 0 aromatic heterocycles. The van der Waals surface area contributed by atoms with Crippen LogP contribution in [0.3, 0.4) is 0 Å². The number of carbonyl (C=O) groups is 2. The minimum absolute atomic E-state index is 0.151. The molecular formula is C24H26N2O6. The largest absolute Gasteiger partial charge is 0.493 e. The zero-order valence-corrected chi connectivity index (χ0v) is 18.4. The third-order valence-corrected chi connectivity index (χ3v) is 5.63. The second kappa shape index (κ2) is 9.32. The zero-order valence-electron chi connectivity index (χ0n) is 18.4. The molecule has 2 aliphatic rings. The van der Waals surface area contributed by atoms with E-state index in [2.05, 4.69) is 0 Å². The molecule has 8 nitrogen and oxygen atoms in total. The summed E-state index contributed by atoms with van der Waals surface area (Å²) in [5.74, 6) is 0.860. The third-order valence-electron chi connectivity index (χ3n) is 5.63. The van der Waals surface area contributed by atoms with Crippen molar-refractivity contribution in [3.8, 4) is 17.2 Å². The van der Waals surface area contributed by atoms with Crippen molar-refractivity contribution in [3.63, 3.8) is 0 Å². The predicted molar refractivity (Wildman–Crippen MR) is 117 cm³/mol. The Kier molecular flexibility index (Phi) is 6.32. The molecule has 2 aromatic carbocycles. The topological polar surface area (TPSA) is 77.5 Å². The number of piperazine rings is 1. The lowest BCUT2D eigenvalue weighted by atomic mass is 10.1. The first-order valence-corrected chi connectivity index (χ1v) is 10.4. The average molecular weight is 438 g/mol. The number of hydroxylamine groups is 2. The van der Waals surface area contributed by atoms with Crippen molar-refractivity contribution in [2.24, 2.45) is 0 Å². The maximum Gasteiger partial charge on any atom is 0.273 e. The second-order valence-electron chi connectivity index (χ2n) is 7.54. The Bertz CT molecular complexity index is 1010. The van der Waals surface area contributed by atoms with E-state index in [1.807, 2.05) is 30.3 Å². The Morgan fingerprint density at radius 2 is 1.69 bits per heavy atom. The highest BCUT2D eigenvalue weighted by Crippen LogP contribution is 2.39. The van der Waals surface area contributed by atoms with Crippen LogP contribution in [0.15, 0.2) is 48.2 Å². The number of methoxy groups -OCH3 is 3. The van der Waals surface area contributed by atoms with E-state index in [1.54, 1.807) is 23.1 Å². The SMILES string of the molecule is COc1cc(/C=C2\C(=O)N3CCC[C@H]3C(=O)N2OCc2ccccc2)cc(OC)c1OC. The number of fused-ring (bicyclic) bond motifs is 1. The summed E-state index contributed by atoms with van der Waals surface area (Å²) in [4.78, 5) is 34.0. The first-order chi connectivity index (χ1) is 15.6. The number of hydrogen-bond acceptors (Lipinski definition) is 6. The van der Waals surface area contributed by atoms with Crippen LogP contribution in [0, 0.1) is 0 Å². The number of amides is 2. The van der Waals surface area contributed by atoms with E-state index in [9.17, 15) is 9.59 Å². The molecule has 32 heavy (non-hydrogen) atoms. The van der Waals surface area contributed by atoms with Gasteiger partial charge < -0.3 is 19.1 Å². The summed E-state index contributed by atoms with van der Waals surface area (Å²) in [7, 11) is 4.57. The summed E-state index contributed by atoms with van der Waals surface area (Å²) in [5, 5.41) is 1.14. The minimum Gasteiger partial charge on any atom is -0.493 e. The fraction of sp³-hybridized carbons (Fsp3) is 0.333. The van der Waals surface area contributed by atoms with Gasteiger partial charge in [0.25, 0.3) is 11.8 Å². The highest BCUT2D eigenvalue weighted by molar-refractivity contribution is 6.07. The summed E-state index contributed by atoms with van der Waals surface area (Å²) >= 11 is 0. The molecule has 0 radical (unpaired) electrons. The van der Waals surface area contributed by atoms with Gasteiger partial charge in [-0.05, 0) is 42.2 Å². The number of hydrogen-bond donors (Lipinski definition) is 0.